The monoisotopic (exact) mass is 396 g/mol. The average Bonchev–Trinajstić information content (AvgIpc) is 3.07. The standard InChI is InChI=1S/C22H25N2O3P/c1-16-5-7-17(8-6-16)13-21(25)27-28(4)15-22(2,3)24-12-11-18-14-19(23-26)9-10-20(18)24/h5-12,14H,13,15H2,1-4H3. The zero-order valence-corrected chi connectivity index (χ0v) is 17.6. The van der Waals surface area contributed by atoms with Gasteiger partial charge in [-0.25, -0.2) is 0 Å². The maximum atomic E-state index is 12.3. The zero-order chi connectivity index (χ0) is 20.3. The molecule has 1 heterocycles. The molecule has 0 fully saturated rings. The molecule has 5 nitrogen and oxygen atoms in total. The number of nitrogens with zero attached hydrogens (tertiary/aromatic N) is 2. The second-order valence-electron chi connectivity index (χ2n) is 7.74. The van der Waals surface area contributed by atoms with Gasteiger partial charge in [0, 0.05) is 28.8 Å². The zero-order valence-electron chi connectivity index (χ0n) is 16.7. The molecule has 146 valence electrons. The van der Waals surface area contributed by atoms with Crippen LogP contribution in [0.4, 0.5) is 5.69 Å². The first-order valence-electron chi connectivity index (χ1n) is 9.21. The van der Waals surface area contributed by atoms with Crippen LogP contribution in [0.5, 0.6) is 0 Å². The first kappa shape index (κ1) is 20.2. The molecular weight excluding hydrogens is 371 g/mol. The van der Waals surface area contributed by atoms with Gasteiger partial charge in [-0.1, -0.05) is 29.8 Å². The number of hydrogen-bond acceptors (Lipinski definition) is 4. The van der Waals surface area contributed by atoms with Crippen molar-refractivity contribution < 1.29 is 9.32 Å². The highest BCUT2D eigenvalue weighted by molar-refractivity contribution is 7.52. The van der Waals surface area contributed by atoms with Crippen LogP contribution < -0.4 is 0 Å². The van der Waals surface area contributed by atoms with E-state index in [2.05, 4.69) is 23.6 Å². The van der Waals surface area contributed by atoms with Crippen molar-refractivity contribution in [3.8, 4) is 0 Å². The third-order valence-electron chi connectivity index (χ3n) is 4.77. The molecule has 2 aromatic carbocycles. The van der Waals surface area contributed by atoms with E-state index in [1.165, 1.54) is 5.56 Å². The number of carbonyl (C=O) groups is 1. The molecule has 0 amide bonds. The van der Waals surface area contributed by atoms with Crippen molar-refractivity contribution in [1.29, 1.82) is 0 Å². The van der Waals surface area contributed by atoms with Crippen molar-refractivity contribution in [1.82, 2.24) is 4.57 Å². The van der Waals surface area contributed by atoms with Gasteiger partial charge in [0.25, 0.3) is 0 Å². The van der Waals surface area contributed by atoms with E-state index in [9.17, 15) is 9.70 Å². The molecule has 0 saturated carbocycles. The normalized spacial score (nSPS) is 12.7. The number of nitroso groups, excluding NO2 is 1. The molecule has 0 aliphatic rings. The molecule has 1 aromatic heterocycles. The number of carbonyl (C=O) groups excluding carboxylic acids is 1. The molecule has 0 N–H and O–H groups in total. The van der Waals surface area contributed by atoms with Crippen LogP contribution in [0.3, 0.4) is 0 Å². The van der Waals surface area contributed by atoms with Crippen LogP contribution >= 0.6 is 8.15 Å². The fourth-order valence-corrected chi connectivity index (χ4v) is 5.17. The summed E-state index contributed by atoms with van der Waals surface area (Å²) in [5, 5.41) is 3.97. The SMILES string of the molecule is Cc1ccc(CC(=O)OP(C)CC(C)(C)n2ccc3cc(N=O)ccc32)cc1. The van der Waals surface area contributed by atoms with E-state index in [4.69, 9.17) is 4.52 Å². The van der Waals surface area contributed by atoms with Gasteiger partial charge in [0.2, 0.25) is 0 Å². The molecule has 0 aliphatic carbocycles. The Hall–Kier alpha value is -2.52. The lowest BCUT2D eigenvalue weighted by Gasteiger charge is -2.30. The number of rotatable bonds is 7. The minimum atomic E-state index is -0.919. The van der Waals surface area contributed by atoms with Crippen molar-refractivity contribution in [2.45, 2.75) is 32.7 Å². The van der Waals surface area contributed by atoms with Gasteiger partial charge in [0.15, 0.2) is 0 Å². The predicted octanol–water partition coefficient (Wildman–Crippen LogP) is 5.90. The summed E-state index contributed by atoms with van der Waals surface area (Å²) in [6.45, 7) is 8.27. The van der Waals surface area contributed by atoms with Gasteiger partial charge >= 0.3 is 5.97 Å². The summed E-state index contributed by atoms with van der Waals surface area (Å²) in [6.07, 6.45) is 3.04. The van der Waals surface area contributed by atoms with Crippen LogP contribution in [0.1, 0.15) is 25.0 Å². The highest BCUT2D eigenvalue weighted by Crippen LogP contribution is 2.40. The van der Waals surface area contributed by atoms with E-state index >= 15 is 0 Å². The summed E-state index contributed by atoms with van der Waals surface area (Å²) in [7, 11) is -0.919. The number of aryl methyl sites for hydroxylation is 1. The summed E-state index contributed by atoms with van der Waals surface area (Å²) in [5.41, 5.74) is 3.36. The Kier molecular flexibility index (Phi) is 5.95. The Morgan fingerprint density at radius 3 is 2.54 bits per heavy atom. The largest absolute Gasteiger partial charge is 0.445 e. The van der Waals surface area contributed by atoms with Gasteiger partial charge < -0.3 is 9.09 Å². The Morgan fingerprint density at radius 1 is 1.14 bits per heavy atom. The summed E-state index contributed by atoms with van der Waals surface area (Å²) in [5.74, 6) is -0.188. The smallest absolute Gasteiger partial charge is 0.312 e. The van der Waals surface area contributed by atoms with Crippen LogP contribution in [-0.2, 0) is 21.3 Å². The highest BCUT2D eigenvalue weighted by atomic mass is 31.1. The Bertz CT molecular complexity index is 993. The molecule has 3 rings (SSSR count). The molecular formula is C22H25N2O3P. The van der Waals surface area contributed by atoms with Crippen LogP contribution in [-0.4, -0.2) is 23.4 Å². The number of hydrogen-bond donors (Lipinski definition) is 0. The van der Waals surface area contributed by atoms with Crippen molar-refractivity contribution in [2.75, 3.05) is 12.8 Å². The van der Waals surface area contributed by atoms with Crippen LogP contribution in [0.15, 0.2) is 59.9 Å². The molecule has 3 aromatic rings. The number of fused-ring (bicyclic) bond motifs is 1. The first-order chi connectivity index (χ1) is 13.3. The fraction of sp³-hybridized carbons (Fsp3) is 0.318. The topological polar surface area (TPSA) is 60.7 Å². The van der Waals surface area contributed by atoms with Gasteiger partial charge in [-0.3, -0.25) is 4.79 Å². The second kappa shape index (κ2) is 8.24. The molecule has 0 bridgehead atoms. The van der Waals surface area contributed by atoms with Gasteiger partial charge in [0.1, 0.15) is 5.69 Å². The fourth-order valence-electron chi connectivity index (χ4n) is 3.45. The lowest BCUT2D eigenvalue weighted by Crippen LogP contribution is -2.29. The molecule has 0 radical (unpaired) electrons. The maximum Gasteiger partial charge on any atom is 0.312 e. The molecule has 1 atom stereocenters. The van der Waals surface area contributed by atoms with E-state index in [0.29, 0.717) is 12.1 Å². The quantitative estimate of drug-likeness (QED) is 0.369. The predicted molar refractivity (Wildman–Crippen MR) is 115 cm³/mol. The Balaban J connectivity index is 1.66. The third-order valence-corrected chi connectivity index (χ3v) is 6.50. The summed E-state index contributed by atoms with van der Waals surface area (Å²) in [4.78, 5) is 23.1. The molecule has 0 spiro atoms. The Labute approximate surface area is 166 Å². The maximum absolute atomic E-state index is 12.3. The Morgan fingerprint density at radius 2 is 1.86 bits per heavy atom. The van der Waals surface area contributed by atoms with Gasteiger partial charge in [-0.05, 0) is 62.4 Å². The molecule has 1 unspecified atom stereocenters. The highest BCUT2D eigenvalue weighted by Gasteiger charge is 2.26. The minimum Gasteiger partial charge on any atom is -0.445 e. The molecule has 28 heavy (non-hydrogen) atoms. The van der Waals surface area contributed by atoms with Crippen molar-refractivity contribution in [3.63, 3.8) is 0 Å². The molecule has 0 saturated heterocycles. The lowest BCUT2D eigenvalue weighted by molar-refractivity contribution is -0.132. The molecule has 6 heteroatoms. The number of aromatic nitrogens is 1. The van der Waals surface area contributed by atoms with Crippen LogP contribution in [0.25, 0.3) is 10.9 Å². The summed E-state index contributed by atoms with van der Waals surface area (Å²) in [6, 6.07) is 15.3. The average molecular weight is 396 g/mol. The van der Waals surface area contributed by atoms with E-state index in [1.54, 1.807) is 12.1 Å². The van der Waals surface area contributed by atoms with E-state index in [0.717, 1.165) is 22.6 Å². The van der Waals surface area contributed by atoms with Crippen molar-refractivity contribution in [2.24, 2.45) is 5.18 Å². The van der Waals surface area contributed by atoms with Crippen molar-refractivity contribution >= 4 is 30.7 Å². The van der Waals surface area contributed by atoms with Gasteiger partial charge in [-0.15, -0.1) is 4.91 Å². The van der Waals surface area contributed by atoms with Gasteiger partial charge in [0.05, 0.1) is 14.6 Å². The minimum absolute atomic E-state index is 0.188. The number of benzene rings is 2. The first-order valence-corrected chi connectivity index (χ1v) is 11.1. The van der Waals surface area contributed by atoms with E-state index < -0.39 is 8.15 Å². The molecule has 0 aliphatic heterocycles. The second-order valence-corrected chi connectivity index (χ2v) is 9.50. The van der Waals surface area contributed by atoms with Crippen molar-refractivity contribution in [3.05, 3.63) is 70.8 Å². The van der Waals surface area contributed by atoms with E-state index in [1.807, 2.05) is 56.2 Å². The van der Waals surface area contributed by atoms with E-state index in [-0.39, 0.29) is 11.5 Å². The summed E-state index contributed by atoms with van der Waals surface area (Å²) < 4.78 is 7.89. The third kappa shape index (κ3) is 4.66. The van der Waals surface area contributed by atoms with Crippen LogP contribution in [0.2, 0.25) is 0 Å². The summed E-state index contributed by atoms with van der Waals surface area (Å²) >= 11 is 0. The van der Waals surface area contributed by atoms with Gasteiger partial charge in [-0.2, -0.15) is 0 Å². The lowest BCUT2D eigenvalue weighted by atomic mass is 10.1. The van der Waals surface area contributed by atoms with Crippen LogP contribution in [0, 0.1) is 11.8 Å².